The van der Waals surface area contributed by atoms with Crippen LogP contribution in [0.5, 0.6) is 0 Å². The highest BCUT2D eigenvalue weighted by molar-refractivity contribution is 5.83. The molecule has 2 N–H and O–H groups in total. The first-order valence-corrected chi connectivity index (χ1v) is 4.79. The minimum atomic E-state index is -0.415. The van der Waals surface area contributed by atoms with Gasteiger partial charge in [0.1, 0.15) is 6.54 Å². The van der Waals surface area contributed by atoms with Crippen molar-refractivity contribution in [3.8, 4) is 0 Å². The van der Waals surface area contributed by atoms with E-state index in [0.29, 0.717) is 6.54 Å². The number of piperidine rings is 1. The molecule has 0 spiro atoms. The van der Waals surface area contributed by atoms with Gasteiger partial charge >= 0.3 is 5.97 Å². The maximum atomic E-state index is 11.5. The molecule has 0 aromatic carbocycles. The summed E-state index contributed by atoms with van der Waals surface area (Å²) in [6.07, 6.45) is 1.90. The largest absolute Gasteiger partial charge is 0.468 e. The van der Waals surface area contributed by atoms with Gasteiger partial charge in [-0.1, -0.05) is 0 Å². The zero-order valence-electron chi connectivity index (χ0n) is 8.34. The summed E-state index contributed by atoms with van der Waals surface area (Å²) in [4.78, 5) is 22.2. The maximum Gasteiger partial charge on any atom is 0.325 e. The van der Waals surface area contributed by atoms with Crippen LogP contribution < -0.4 is 10.6 Å². The van der Waals surface area contributed by atoms with Crippen molar-refractivity contribution in [1.82, 2.24) is 10.6 Å². The maximum absolute atomic E-state index is 11.5. The van der Waals surface area contributed by atoms with Crippen LogP contribution in [0.2, 0.25) is 0 Å². The Labute approximate surface area is 83.2 Å². The molecule has 1 rings (SSSR count). The molecule has 0 aromatic heterocycles. The molecule has 1 aliphatic heterocycles. The van der Waals surface area contributed by atoms with E-state index in [2.05, 4.69) is 15.4 Å². The molecular formula is C9H16N2O3. The molecule has 1 heterocycles. The summed E-state index contributed by atoms with van der Waals surface area (Å²) in [5.41, 5.74) is 0. The predicted octanol–water partition coefficient (Wildman–Crippen LogP) is -0.725. The molecule has 1 amide bonds. The second kappa shape index (κ2) is 5.59. The zero-order chi connectivity index (χ0) is 10.4. The van der Waals surface area contributed by atoms with Gasteiger partial charge < -0.3 is 15.4 Å². The van der Waals surface area contributed by atoms with Gasteiger partial charge in [0.05, 0.1) is 13.0 Å². The summed E-state index contributed by atoms with van der Waals surface area (Å²) in [6, 6.07) is 0. The number of rotatable bonds is 3. The Kier molecular flexibility index (Phi) is 4.39. The lowest BCUT2D eigenvalue weighted by atomic mass is 9.99. The first-order chi connectivity index (χ1) is 6.74. The van der Waals surface area contributed by atoms with Gasteiger partial charge in [-0.15, -0.1) is 0 Å². The van der Waals surface area contributed by atoms with Crippen LogP contribution in [-0.4, -0.2) is 38.6 Å². The fraction of sp³-hybridized carbons (Fsp3) is 0.778. The Morgan fingerprint density at radius 3 is 2.93 bits per heavy atom. The molecule has 0 aromatic rings. The van der Waals surface area contributed by atoms with Crippen molar-refractivity contribution in [3.63, 3.8) is 0 Å². The smallest absolute Gasteiger partial charge is 0.325 e. The zero-order valence-corrected chi connectivity index (χ0v) is 8.34. The quantitative estimate of drug-likeness (QED) is 0.590. The molecule has 0 radical (unpaired) electrons. The molecule has 1 aliphatic rings. The van der Waals surface area contributed by atoms with E-state index in [0.717, 1.165) is 19.4 Å². The third-order valence-corrected chi connectivity index (χ3v) is 2.30. The molecule has 0 saturated carbocycles. The number of hydrogen-bond acceptors (Lipinski definition) is 4. The minimum absolute atomic E-state index is 0.00611. The van der Waals surface area contributed by atoms with Gasteiger partial charge in [0.25, 0.3) is 0 Å². The SMILES string of the molecule is COC(=O)CNC(=O)[C@@H]1CCCNC1. The predicted molar refractivity (Wildman–Crippen MR) is 50.6 cm³/mol. The number of nitrogens with one attached hydrogen (secondary N) is 2. The first kappa shape index (κ1) is 11.0. The van der Waals surface area contributed by atoms with E-state index in [4.69, 9.17) is 0 Å². The highest BCUT2D eigenvalue weighted by Crippen LogP contribution is 2.09. The number of esters is 1. The number of carbonyl (C=O) groups is 2. The van der Waals surface area contributed by atoms with Crippen molar-refractivity contribution in [2.45, 2.75) is 12.8 Å². The number of methoxy groups -OCH3 is 1. The van der Waals surface area contributed by atoms with Gasteiger partial charge in [-0.05, 0) is 19.4 Å². The van der Waals surface area contributed by atoms with Gasteiger partial charge in [0, 0.05) is 6.54 Å². The molecular weight excluding hydrogens is 184 g/mol. The molecule has 1 saturated heterocycles. The van der Waals surface area contributed by atoms with Gasteiger partial charge in [-0.2, -0.15) is 0 Å². The Bertz CT molecular complexity index is 212. The monoisotopic (exact) mass is 200 g/mol. The summed E-state index contributed by atoms with van der Waals surface area (Å²) in [7, 11) is 1.30. The normalized spacial score (nSPS) is 21.4. The highest BCUT2D eigenvalue weighted by atomic mass is 16.5. The van der Waals surface area contributed by atoms with Crippen LogP contribution in [0.25, 0.3) is 0 Å². The lowest BCUT2D eigenvalue weighted by Crippen LogP contribution is -2.42. The van der Waals surface area contributed by atoms with Crippen LogP contribution >= 0.6 is 0 Å². The molecule has 14 heavy (non-hydrogen) atoms. The first-order valence-electron chi connectivity index (χ1n) is 4.79. The van der Waals surface area contributed by atoms with Gasteiger partial charge in [0.2, 0.25) is 5.91 Å². The molecule has 1 fully saturated rings. The Morgan fingerprint density at radius 2 is 2.36 bits per heavy atom. The average molecular weight is 200 g/mol. The Balaban J connectivity index is 2.23. The molecule has 1 atom stereocenters. The topological polar surface area (TPSA) is 67.4 Å². The van der Waals surface area contributed by atoms with Crippen LogP contribution in [0, 0.1) is 5.92 Å². The fourth-order valence-corrected chi connectivity index (χ4v) is 1.45. The Morgan fingerprint density at radius 1 is 1.57 bits per heavy atom. The van der Waals surface area contributed by atoms with Crippen LogP contribution in [0.4, 0.5) is 0 Å². The molecule has 5 heteroatoms. The van der Waals surface area contributed by atoms with E-state index in [1.165, 1.54) is 7.11 Å². The molecule has 5 nitrogen and oxygen atoms in total. The third kappa shape index (κ3) is 3.33. The van der Waals surface area contributed by atoms with E-state index in [1.54, 1.807) is 0 Å². The van der Waals surface area contributed by atoms with E-state index in [-0.39, 0.29) is 18.4 Å². The molecule has 0 aliphatic carbocycles. The standard InChI is InChI=1S/C9H16N2O3/c1-14-8(12)6-11-9(13)7-3-2-4-10-5-7/h7,10H,2-6H2,1H3,(H,11,13)/t7-/m1/s1. The number of ether oxygens (including phenoxy) is 1. The molecule has 80 valence electrons. The van der Waals surface area contributed by atoms with Crippen molar-refractivity contribution in [3.05, 3.63) is 0 Å². The van der Waals surface area contributed by atoms with E-state index in [1.807, 2.05) is 0 Å². The van der Waals surface area contributed by atoms with Gasteiger partial charge in [-0.3, -0.25) is 9.59 Å². The molecule has 0 bridgehead atoms. The van der Waals surface area contributed by atoms with Crippen molar-refractivity contribution in [1.29, 1.82) is 0 Å². The van der Waals surface area contributed by atoms with Crippen LogP contribution in [-0.2, 0) is 14.3 Å². The van der Waals surface area contributed by atoms with E-state index < -0.39 is 5.97 Å². The Hall–Kier alpha value is -1.10. The van der Waals surface area contributed by atoms with Crippen LogP contribution in [0.1, 0.15) is 12.8 Å². The summed E-state index contributed by atoms with van der Waals surface area (Å²) >= 11 is 0. The summed E-state index contributed by atoms with van der Waals surface area (Å²) in [5, 5.41) is 5.69. The average Bonchev–Trinajstić information content (AvgIpc) is 2.26. The van der Waals surface area contributed by atoms with Gasteiger partial charge in [0.15, 0.2) is 0 Å². The van der Waals surface area contributed by atoms with Crippen LogP contribution in [0.3, 0.4) is 0 Å². The third-order valence-electron chi connectivity index (χ3n) is 2.30. The fourth-order valence-electron chi connectivity index (χ4n) is 1.45. The number of amides is 1. The van der Waals surface area contributed by atoms with Crippen molar-refractivity contribution in [2.24, 2.45) is 5.92 Å². The van der Waals surface area contributed by atoms with E-state index >= 15 is 0 Å². The van der Waals surface area contributed by atoms with Crippen molar-refractivity contribution in [2.75, 3.05) is 26.7 Å². The molecule has 0 unspecified atom stereocenters. The summed E-state index contributed by atoms with van der Waals surface area (Å²) in [5.74, 6) is -0.488. The number of carbonyl (C=O) groups excluding carboxylic acids is 2. The lowest BCUT2D eigenvalue weighted by molar-refractivity contribution is -0.141. The van der Waals surface area contributed by atoms with E-state index in [9.17, 15) is 9.59 Å². The van der Waals surface area contributed by atoms with Crippen molar-refractivity contribution >= 4 is 11.9 Å². The highest BCUT2D eigenvalue weighted by Gasteiger charge is 2.20. The summed E-state index contributed by atoms with van der Waals surface area (Å²) in [6.45, 7) is 1.64. The van der Waals surface area contributed by atoms with Gasteiger partial charge in [-0.25, -0.2) is 0 Å². The van der Waals surface area contributed by atoms with Crippen molar-refractivity contribution < 1.29 is 14.3 Å². The second-order valence-corrected chi connectivity index (χ2v) is 3.34. The minimum Gasteiger partial charge on any atom is -0.468 e. The number of hydrogen-bond donors (Lipinski definition) is 2. The second-order valence-electron chi connectivity index (χ2n) is 3.34. The summed E-state index contributed by atoms with van der Waals surface area (Å²) < 4.78 is 4.42. The van der Waals surface area contributed by atoms with Crippen LogP contribution in [0.15, 0.2) is 0 Å². The lowest BCUT2D eigenvalue weighted by Gasteiger charge is -2.21.